The van der Waals surface area contributed by atoms with Crippen molar-refractivity contribution in [3.8, 4) is 11.4 Å². The van der Waals surface area contributed by atoms with E-state index in [0.29, 0.717) is 12.8 Å². The lowest BCUT2D eigenvalue weighted by Gasteiger charge is -2.12. The Morgan fingerprint density at radius 2 is 2.14 bits per heavy atom. The fourth-order valence-electron chi connectivity index (χ4n) is 2.23. The van der Waals surface area contributed by atoms with Crippen molar-refractivity contribution in [3.05, 3.63) is 29.3 Å². The Bertz CT molecular complexity index is 725. The van der Waals surface area contributed by atoms with Crippen molar-refractivity contribution in [1.29, 1.82) is 0 Å². The fraction of sp³-hybridized carbons (Fsp3) is 0.385. The fourth-order valence-corrected chi connectivity index (χ4v) is 2.23. The molecule has 21 heavy (non-hydrogen) atoms. The first kappa shape index (κ1) is 13.6. The molecule has 0 aliphatic heterocycles. The van der Waals surface area contributed by atoms with Gasteiger partial charge in [0.1, 0.15) is 11.6 Å². The van der Waals surface area contributed by atoms with Gasteiger partial charge in [0.25, 0.3) is 0 Å². The van der Waals surface area contributed by atoms with Crippen LogP contribution in [0.4, 0.5) is 8.78 Å². The summed E-state index contributed by atoms with van der Waals surface area (Å²) in [6, 6.07) is 2.46. The minimum atomic E-state index is -0.950. The number of benzene rings is 1. The first-order valence-electron chi connectivity index (χ1n) is 6.39. The highest BCUT2D eigenvalue weighted by Gasteiger charge is 2.51. The average molecular weight is 294 g/mol. The van der Waals surface area contributed by atoms with Crippen LogP contribution in [0.1, 0.15) is 18.4 Å². The molecule has 1 aromatic heterocycles. The maximum Gasteiger partial charge on any atom is 0.311 e. The number of carboxylic acids is 1. The summed E-state index contributed by atoms with van der Waals surface area (Å²) in [7, 11) is 0. The standard InChI is InChI=1S/C13H12F2N4O2/c1-7-2-3-8(14)9(10(7)15)11-16-17-18-19(11)6-13(4-5-13)12(20)21/h2-3H,4-6H2,1H3,(H,20,21). The Morgan fingerprint density at radius 1 is 1.43 bits per heavy atom. The molecule has 0 spiro atoms. The zero-order valence-corrected chi connectivity index (χ0v) is 11.2. The minimum absolute atomic E-state index is 0.00249. The van der Waals surface area contributed by atoms with Crippen LogP contribution in [0, 0.1) is 24.0 Å². The number of aliphatic carboxylic acids is 1. The molecule has 0 radical (unpaired) electrons. The first-order valence-corrected chi connectivity index (χ1v) is 6.39. The highest BCUT2D eigenvalue weighted by Crippen LogP contribution is 2.47. The normalized spacial score (nSPS) is 16.0. The van der Waals surface area contributed by atoms with Gasteiger partial charge in [-0.3, -0.25) is 4.79 Å². The van der Waals surface area contributed by atoms with E-state index in [1.54, 1.807) is 0 Å². The third-order valence-electron chi connectivity index (χ3n) is 3.80. The predicted octanol–water partition coefficient (Wildman–Crippen LogP) is 1.79. The Kier molecular flexibility index (Phi) is 2.96. The van der Waals surface area contributed by atoms with Crippen molar-refractivity contribution < 1.29 is 18.7 Å². The van der Waals surface area contributed by atoms with E-state index in [4.69, 9.17) is 0 Å². The van der Waals surface area contributed by atoms with Gasteiger partial charge in [0.05, 0.1) is 17.5 Å². The number of carboxylic acid groups (broad SMARTS) is 1. The highest BCUT2D eigenvalue weighted by molar-refractivity contribution is 5.77. The van der Waals surface area contributed by atoms with Crippen LogP contribution in [-0.2, 0) is 11.3 Å². The summed E-state index contributed by atoms with van der Waals surface area (Å²) in [5.41, 5.74) is -0.998. The SMILES string of the molecule is Cc1ccc(F)c(-c2nnnn2CC2(C(=O)O)CC2)c1F. The van der Waals surface area contributed by atoms with Crippen molar-refractivity contribution in [3.63, 3.8) is 0 Å². The number of aromatic nitrogens is 4. The summed E-state index contributed by atoms with van der Waals surface area (Å²) in [5, 5.41) is 19.9. The third kappa shape index (κ3) is 2.16. The third-order valence-corrected chi connectivity index (χ3v) is 3.80. The van der Waals surface area contributed by atoms with Crippen LogP contribution >= 0.6 is 0 Å². The van der Waals surface area contributed by atoms with Crippen LogP contribution in [0.2, 0.25) is 0 Å². The van der Waals surface area contributed by atoms with Crippen LogP contribution in [0.3, 0.4) is 0 Å². The van der Waals surface area contributed by atoms with Crippen molar-refractivity contribution >= 4 is 5.97 Å². The smallest absolute Gasteiger partial charge is 0.311 e. The van der Waals surface area contributed by atoms with Gasteiger partial charge in [0, 0.05) is 0 Å². The number of nitrogens with zero attached hydrogens (tertiary/aromatic N) is 4. The van der Waals surface area contributed by atoms with E-state index in [0.717, 1.165) is 10.7 Å². The molecule has 6 nitrogen and oxygen atoms in total. The number of aryl methyl sites for hydroxylation is 1. The molecule has 1 saturated carbocycles. The maximum absolute atomic E-state index is 14.1. The molecule has 0 atom stereocenters. The van der Waals surface area contributed by atoms with Crippen molar-refractivity contribution in [1.82, 2.24) is 20.2 Å². The Morgan fingerprint density at radius 3 is 2.76 bits per heavy atom. The molecular formula is C13H12F2N4O2. The monoisotopic (exact) mass is 294 g/mol. The molecule has 1 heterocycles. The van der Waals surface area contributed by atoms with E-state index >= 15 is 0 Å². The molecule has 1 aliphatic rings. The second kappa shape index (κ2) is 4.57. The zero-order chi connectivity index (χ0) is 15.2. The Labute approximate surface area is 118 Å². The van der Waals surface area contributed by atoms with Crippen molar-refractivity contribution in [2.45, 2.75) is 26.3 Å². The van der Waals surface area contributed by atoms with Crippen molar-refractivity contribution in [2.75, 3.05) is 0 Å². The van der Waals surface area contributed by atoms with Crippen LogP contribution in [0.5, 0.6) is 0 Å². The van der Waals surface area contributed by atoms with Gasteiger partial charge in [-0.15, -0.1) is 5.10 Å². The number of halogens is 2. The topological polar surface area (TPSA) is 80.9 Å². The quantitative estimate of drug-likeness (QED) is 0.929. The molecule has 1 N–H and O–H groups in total. The number of rotatable bonds is 4. The Hall–Kier alpha value is -2.38. The van der Waals surface area contributed by atoms with E-state index in [1.807, 2.05) is 0 Å². The van der Waals surface area contributed by atoms with Crippen LogP contribution in [0.25, 0.3) is 11.4 Å². The summed E-state index contributed by atoms with van der Waals surface area (Å²) in [4.78, 5) is 11.2. The van der Waals surface area contributed by atoms with E-state index in [-0.39, 0.29) is 23.5 Å². The van der Waals surface area contributed by atoms with Gasteiger partial charge in [-0.25, -0.2) is 13.5 Å². The van der Waals surface area contributed by atoms with E-state index < -0.39 is 23.0 Å². The molecule has 1 aliphatic carbocycles. The van der Waals surface area contributed by atoms with E-state index in [1.165, 1.54) is 13.0 Å². The molecular weight excluding hydrogens is 282 g/mol. The number of carbonyl (C=O) groups is 1. The lowest BCUT2D eigenvalue weighted by atomic mass is 10.1. The molecule has 0 saturated heterocycles. The number of tetrazole rings is 1. The van der Waals surface area contributed by atoms with Crippen LogP contribution in [0.15, 0.2) is 12.1 Å². The van der Waals surface area contributed by atoms with Gasteiger partial charge in [0.15, 0.2) is 5.82 Å². The molecule has 110 valence electrons. The van der Waals surface area contributed by atoms with Crippen LogP contribution < -0.4 is 0 Å². The molecule has 0 bridgehead atoms. The number of hydrogen-bond donors (Lipinski definition) is 1. The second-order valence-corrected chi connectivity index (χ2v) is 5.30. The molecule has 2 aromatic rings. The maximum atomic E-state index is 14.1. The van der Waals surface area contributed by atoms with Crippen molar-refractivity contribution in [2.24, 2.45) is 5.41 Å². The summed E-state index contributed by atoms with van der Waals surface area (Å²) >= 11 is 0. The van der Waals surface area contributed by atoms with Gasteiger partial charge in [-0.05, 0) is 41.8 Å². The van der Waals surface area contributed by atoms with Gasteiger partial charge in [-0.2, -0.15) is 0 Å². The largest absolute Gasteiger partial charge is 0.481 e. The van der Waals surface area contributed by atoms with Crippen LogP contribution in [-0.4, -0.2) is 31.3 Å². The van der Waals surface area contributed by atoms with Gasteiger partial charge in [0.2, 0.25) is 0 Å². The zero-order valence-electron chi connectivity index (χ0n) is 11.2. The van der Waals surface area contributed by atoms with E-state index in [9.17, 15) is 18.7 Å². The number of hydrogen-bond acceptors (Lipinski definition) is 4. The molecule has 1 aromatic carbocycles. The minimum Gasteiger partial charge on any atom is -0.481 e. The average Bonchev–Trinajstić information content (AvgIpc) is 3.09. The summed E-state index contributed by atoms with van der Waals surface area (Å²) < 4.78 is 29.2. The predicted molar refractivity (Wildman–Crippen MR) is 67.2 cm³/mol. The van der Waals surface area contributed by atoms with Gasteiger partial charge >= 0.3 is 5.97 Å². The lowest BCUT2D eigenvalue weighted by molar-refractivity contribution is -0.144. The molecule has 0 amide bonds. The summed E-state index contributed by atoms with van der Waals surface area (Å²) in [5.74, 6) is -2.57. The Balaban J connectivity index is 2.04. The summed E-state index contributed by atoms with van der Waals surface area (Å²) in [6.45, 7) is 1.50. The van der Waals surface area contributed by atoms with E-state index in [2.05, 4.69) is 15.5 Å². The van der Waals surface area contributed by atoms with Gasteiger partial charge in [-0.1, -0.05) is 6.07 Å². The lowest BCUT2D eigenvalue weighted by Crippen LogP contribution is -2.23. The van der Waals surface area contributed by atoms with Gasteiger partial charge < -0.3 is 5.11 Å². The first-order chi connectivity index (χ1) is 9.94. The summed E-state index contributed by atoms with van der Waals surface area (Å²) in [6.07, 6.45) is 1.00. The molecule has 1 fully saturated rings. The molecule has 0 unspecified atom stereocenters. The second-order valence-electron chi connectivity index (χ2n) is 5.30. The highest BCUT2D eigenvalue weighted by atomic mass is 19.1. The molecule has 8 heteroatoms. The molecule has 3 rings (SSSR count).